The Morgan fingerprint density at radius 2 is 1.60 bits per heavy atom. The number of carbonyl (C=O) groups excluding carboxylic acids is 2. The van der Waals surface area contributed by atoms with Crippen LogP contribution in [0, 0.1) is 6.92 Å². The zero-order chi connectivity index (χ0) is 30.3. The van der Waals surface area contributed by atoms with Gasteiger partial charge in [-0.15, -0.1) is 0 Å². The summed E-state index contributed by atoms with van der Waals surface area (Å²) in [6.45, 7) is 3.39. The van der Waals surface area contributed by atoms with Gasteiger partial charge in [0.25, 0.3) is 10.0 Å². The molecule has 1 aliphatic carbocycles. The third-order valence-corrected chi connectivity index (χ3v) is 9.64. The molecule has 4 rings (SSSR count). The van der Waals surface area contributed by atoms with Crippen molar-refractivity contribution < 1.29 is 22.7 Å². The molecule has 0 aliphatic heterocycles. The highest BCUT2D eigenvalue weighted by Gasteiger charge is 2.34. The molecular formula is C32H38ClN3O5S. The summed E-state index contributed by atoms with van der Waals surface area (Å²) in [6.07, 6.45) is 4.31. The van der Waals surface area contributed by atoms with E-state index in [1.165, 1.54) is 24.1 Å². The smallest absolute Gasteiger partial charge is 0.264 e. The summed E-state index contributed by atoms with van der Waals surface area (Å²) in [7, 11) is -2.66. The van der Waals surface area contributed by atoms with Crippen LogP contribution >= 0.6 is 11.6 Å². The monoisotopic (exact) mass is 611 g/mol. The number of ether oxygens (including phenoxy) is 1. The molecule has 2 amide bonds. The molecule has 1 atom stereocenters. The Hall–Kier alpha value is -3.56. The molecule has 0 heterocycles. The van der Waals surface area contributed by atoms with Crippen molar-refractivity contribution in [2.24, 2.45) is 0 Å². The SMILES string of the molecule is CCC(C(=O)NC1CCCC1)N(Cc1ccc(Cl)cc1)C(=O)CN(c1ccc(C)cc1)S(=O)(=O)c1ccc(OC)cc1. The quantitative estimate of drug-likeness (QED) is 0.283. The first-order valence-electron chi connectivity index (χ1n) is 14.2. The first-order valence-corrected chi connectivity index (χ1v) is 16.0. The van der Waals surface area contributed by atoms with Gasteiger partial charge in [-0.1, -0.05) is 61.2 Å². The molecule has 8 nitrogen and oxygen atoms in total. The van der Waals surface area contributed by atoms with Gasteiger partial charge < -0.3 is 15.0 Å². The number of rotatable bonds is 12. The molecule has 0 radical (unpaired) electrons. The summed E-state index contributed by atoms with van der Waals surface area (Å²) in [4.78, 5) is 29.2. The molecule has 0 bridgehead atoms. The Kier molecular flexibility index (Phi) is 10.5. The van der Waals surface area contributed by atoms with Gasteiger partial charge in [-0.2, -0.15) is 0 Å². The van der Waals surface area contributed by atoms with E-state index < -0.39 is 28.5 Å². The topological polar surface area (TPSA) is 96.0 Å². The lowest BCUT2D eigenvalue weighted by atomic mass is 10.1. The third-order valence-electron chi connectivity index (χ3n) is 7.60. The van der Waals surface area contributed by atoms with Crippen LogP contribution in [0.4, 0.5) is 5.69 Å². The molecule has 42 heavy (non-hydrogen) atoms. The zero-order valence-corrected chi connectivity index (χ0v) is 25.8. The van der Waals surface area contributed by atoms with Crippen LogP contribution in [0.1, 0.15) is 50.2 Å². The minimum absolute atomic E-state index is 0.0203. The van der Waals surface area contributed by atoms with Crippen LogP contribution < -0.4 is 14.4 Å². The van der Waals surface area contributed by atoms with Gasteiger partial charge in [0.15, 0.2) is 0 Å². The van der Waals surface area contributed by atoms with Crippen LogP contribution in [0.3, 0.4) is 0 Å². The lowest BCUT2D eigenvalue weighted by Crippen LogP contribution is -2.53. The number of methoxy groups -OCH3 is 1. The molecule has 1 saturated carbocycles. The molecule has 1 fully saturated rings. The number of anilines is 1. The number of nitrogens with zero attached hydrogens (tertiary/aromatic N) is 2. The molecule has 1 unspecified atom stereocenters. The predicted molar refractivity (Wildman–Crippen MR) is 165 cm³/mol. The van der Waals surface area contributed by atoms with Gasteiger partial charge >= 0.3 is 0 Å². The van der Waals surface area contributed by atoms with E-state index >= 15 is 0 Å². The summed E-state index contributed by atoms with van der Waals surface area (Å²) in [5.74, 6) is -0.206. The fraction of sp³-hybridized carbons (Fsp3) is 0.375. The van der Waals surface area contributed by atoms with Crippen LogP contribution in [-0.4, -0.2) is 50.9 Å². The molecule has 0 saturated heterocycles. The van der Waals surface area contributed by atoms with Gasteiger partial charge in [-0.25, -0.2) is 8.42 Å². The maximum atomic E-state index is 14.2. The summed E-state index contributed by atoms with van der Waals surface area (Å²) < 4.78 is 34.3. The normalized spacial score (nSPS) is 14.3. The fourth-order valence-corrected chi connectivity index (χ4v) is 6.73. The van der Waals surface area contributed by atoms with Crippen LogP contribution in [-0.2, 0) is 26.2 Å². The molecule has 1 N–H and O–H groups in total. The van der Waals surface area contributed by atoms with E-state index in [1.54, 1.807) is 60.7 Å². The molecule has 0 aromatic heterocycles. The summed E-state index contributed by atoms with van der Waals surface area (Å²) in [5, 5.41) is 3.68. The van der Waals surface area contributed by atoms with Crippen LogP contribution in [0.5, 0.6) is 5.75 Å². The van der Waals surface area contributed by atoms with Gasteiger partial charge in [-0.05, 0) is 80.3 Å². The lowest BCUT2D eigenvalue weighted by Gasteiger charge is -2.33. The summed E-state index contributed by atoms with van der Waals surface area (Å²) >= 11 is 6.10. The first-order chi connectivity index (χ1) is 20.1. The van der Waals surface area contributed by atoms with Crippen molar-refractivity contribution in [2.75, 3.05) is 18.0 Å². The number of amides is 2. The second kappa shape index (κ2) is 14.1. The van der Waals surface area contributed by atoms with E-state index in [9.17, 15) is 18.0 Å². The standard InChI is InChI=1S/C32H38ClN3O5S/c1-4-30(32(38)34-26-7-5-6-8-26)35(21-24-11-13-25(33)14-12-24)31(37)22-36(27-15-9-23(2)10-16-27)42(39,40)29-19-17-28(41-3)18-20-29/h9-20,26,30H,4-8,21-22H2,1-3H3,(H,34,38). The van der Waals surface area contributed by atoms with Crippen molar-refractivity contribution in [3.05, 3.63) is 88.9 Å². The number of benzene rings is 3. The summed E-state index contributed by atoms with van der Waals surface area (Å²) in [5.41, 5.74) is 2.07. The van der Waals surface area contributed by atoms with Crippen molar-refractivity contribution in [3.63, 3.8) is 0 Å². The number of carbonyl (C=O) groups is 2. The Balaban J connectivity index is 1.70. The van der Waals surface area contributed by atoms with Gasteiger partial charge in [0, 0.05) is 17.6 Å². The van der Waals surface area contributed by atoms with Crippen molar-refractivity contribution in [3.8, 4) is 5.75 Å². The Bertz CT molecular complexity index is 1460. The largest absolute Gasteiger partial charge is 0.497 e. The second-order valence-corrected chi connectivity index (χ2v) is 12.9. The van der Waals surface area contributed by atoms with Crippen LogP contribution in [0.15, 0.2) is 77.7 Å². The van der Waals surface area contributed by atoms with Crippen molar-refractivity contribution in [1.82, 2.24) is 10.2 Å². The molecule has 10 heteroatoms. The number of aryl methyl sites for hydroxylation is 1. The molecule has 0 spiro atoms. The number of halogens is 1. The molecule has 3 aromatic carbocycles. The average Bonchev–Trinajstić information content (AvgIpc) is 3.50. The first kappa shape index (κ1) is 31.4. The Morgan fingerprint density at radius 3 is 2.17 bits per heavy atom. The van der Waals surface area contributed by atoms with Gasteiger partial charge in [0.2, 0.25) is 11.8 Å². The highest BCUT2D eigenvalue weighted by molar-refractivity contribution is 7.92. The third kappa shape index (κ3) is 7.63. The maximum Gasteiger partial charge on any atom is 0.264 e. The number of hydrogen-bond acceptors (Lipinski definition) is 5. The lowest BCUT2D eigenvalue weighted by molar-refractivity contribution is -0.140. The van der Waals surface area contributed by atoms with Gasteiger partial charge in [0.05, 0.1) is 17.7 Å². The van der Waals surface area contributed by atoms with Crippen LogP contribution in [0.2, 0.25) is 5.02 Å². The number of nitrogens with one attached hydrogen (secondary N) is 1. The highest BCUT2D eigenvalue weighted by Crippen LogP contribution is 2.27. The van der Waals surface area contributed by atoms with E-state index in [4.69, 9.17) is 16.3 Å². The second-order valence-electron chi connectivity index (χ2n) is 10.6. The maximum absolute atomic E-state index is 14.2. The van der Waals surface area contributed by atoms with E-state index in [2.05, 4.69) is 5.32 Å². The predicted octanol–water partition coefficient (Wildman–Crippen LogP) is 5.72. The molecular weight excluding hydrogens is 574 g/mol. The minimum atomic E-state index is -4.16. The van der Waals surface area contributed by atoms with Crippen LogP contribution in [0.25, 0.3) is 0 Å². The van der Waals surface area contributed by atoms with Crippen molar-refractivity contribution >= 4 is 39.1 Å². The molecule has 224 valence electrons. The Morgan fingerprint density at radius 1 is 0.976 bits per heavy atom. The van der Waals surface area contributed by atoms with Crippen molar-refractivity contribution in [2.45, 2.75) is 69.5 Å². The molecule has 3 aromatic rings. The van der Waals surface area contributed by atoms with Crippen molar-refractivity contribution in [1.29, 1.82) is 0 Å². The van der Waals surface area contributed by atoms with Gasteiger partial charge in [-0.3, -0.25) is 13.9 Å². The zero-order valence-electron chi connectivity index (χ0n) is 24.3. The summed E-state index contributed by atoms with van der Waals surface area (Å²) in [6, 6.07) is 19.3. The van der Waals surface area contributed by atoms with E-state index in [-0.39, 0.29) is 23.4 Å². The average molecular weight is 612 g/mol. The number of hydrogen-bond donors (Lipinski definition) is 1. The Labute approximate surface area is 253 Å². The minimum Gasteiger partial charge on any atom is -0.497 e. The van der Waals surface area contributed by atoms with E-state index in [0.717, 1.165) is 41.1 Å². The van der Waals surface area contributed by atoms with E-state index in [0.29, 0.717) is 22.9 Å². The molecule has 1 aliphatic rings. The number of sulfonamides is 1. The van der Waals surface area contributed by atoms with E-state index in [1.807, 2.05) is 13.8 Å². The highest BCUT2D eigenvalue weighted by atomic mass is 35.5. The van der Waals surface area contributed by atoms with Gasteiger partial charge in [0.1, 0.15) is 18.3 Å². The fourth-order valence-electron chi connectivity index (χ4n) is 5.19.